The number of fused-ring (bicyclic) bond motifs is 1. The summed E-state index contributed by atoms with van der Waals surface area (Å²) in [5.74, 6) is -0.207. The molecule has 184 valence electrons. The van der Waals surface area contributed by atoms with Crippen LogP contribution in [0, 0.1) is 0 Å². The summed E-state index contributed by atoms with van der Waals surface area (Å²) in [7, 11) is 1.29. The number of imidazole rings is 1. The monoisotopic (exact) mass is 489 g/mol. The molecule has 1 amide bonds. The summed E-state index contributed by atoms with van der Waals surface area (Å²) in [5, 5.41) is 4.46. The minimum absolute atomic E-state index is 0.102. The van der Waals surface area contributed by atoms with Crippen LogP contribution in [-0.4, -0.2) is 38.1 Å². The fourth-order valence-electron chi connectivity index (χ4n) is 3.79. The first-order chi connectivity index (χ1) is 16.4. The number of hydrogen-bond acceptors (Lipinski definition) is 7. The molecule has 0 radical (unpaired) electrons. The maximum absolute atomic E-state index is 12.7. The van der Waals surface area contributed by atoms with E-state index < -0.39 is 17.2 Å². The van der Waals surface area contributed by atoms with E-state index in [0.29, 0.717) is 40.6 Å². The van der Waals surface area contributed by atoms with Crippen LogP contribution in [0.5, 0.6) is 0 Å². The number of aromatic amines is 1. The largest absolute Gasteiger partial charge is 0.465 e. The van der Waals surface area contributed by atoms with Gasteiger partial charge in [0.15, 0.2) is 11.2 Å². The molecule has 0 aliphatic heterocycles. The van der Waals surface area contributed by atoms with Gasteiger partial charge < -0.3 is 14.6 Å². The Bertz CT molecular complexity index is 1270. The van der Waals surface area contributed by atoms with Crippen LogP contribution in [0.15, 0.2) is 21.0 Å². The van der Waals surface area contributed by atoms with Gasteiger partial charge in [-0.3, -0.25) is 19.1 Å². The number of aryl methyl sites for hydroxylation is 3. The van der Waals surface area contributed by atoms with Crippen molar-refractivity contribution in [3.8, 4) is 0 Å². The number of aromatic nitrogens is 4. The van der Waals surface area contributed by atoms with Crippen molar-refractivity contribution in [3.05, 3.63) is 43.0 Å². The summed E-state index contributed by atoms with van der Waals surface area (Å²) in [5.41, 5.74) is 0.200. The second-order valence-corrected chi connectivity index (χ2v) is 8.94. The maximum Gasteiger partial charge on any atom is 0.350 e. The quantitative estimate of drug-likeness (QED) is 0.297. The number of H-pyrrole nitrogens is 1. The van der Waals surface area contributed by atoms with Crippen LogP contribution in [0.4, 0.5) is 5.69 Å². The van der Waals surface area contributed by atoms with Gasteiger partial charge in [-0.25, -0.2) is 14.6 Å². The molecule has 34 heavy (non-hydrogen) atoms. The molecule has 3 heterocycles. The Morgan fingerprint density at radius 3 is 2.56 bits per heavy atom. The molecule has 10 nitrogen and oxygen atoms in total. The third kappa shape index (κ3) is 5.64. The lowest BCUT2D eigenvalue weighted by Gasteiger charge is -2.09. The van der Waals surface area contributed by atoms with Crippen molar-refractivity contribution in [1.82, 2.24) is 19.1 Å². The zero-order valence-corrected chi connectivity index (χ0v) is 20.6. The van der Waals surface area contributed by atoms with Crippen LogP contribution in [0.1, 0.15) is 67.9 Å². The number of esters is 1. The van der Waals surface area contributed by atoms with Gasteiger partial charge in [-0.05, 0) is 24.3 Å². The average molecular weight is 490 g/mol. The van der Waals surface area contributed by atoms with Gasteiger partial charge in [0.05, 0.1) is 12.8 Å². The average Bonchev–Trinajstić information content (AvgIpc) is 3.42. The number of ether oxygens (including phenoxy) is 1. The molecule has 0 unspecified atom stereocenters. The van der Waals surface area contributed by atoms with Crippen LogP contribution in [0.3, 0.4) is 0 Å². The van der Waals surface area contributed by atoms with Gasteiger partial charge >= 0.3 is 11.7 Å². The number of carbonyl (C=O) groups excluding carboxylic acids is 2. The Morgan fingerprint density at radius 1 is 1.12 bits per heavy atom. The molecule has 2 N–H and O–H groups in total. The predicted octanol–water partition coefficient (Wildman–Crippen LogP) is 3.30. The Labute approximate surface area is 201 Å². The summed E-state index contributed by atoms with van der Waals surface area (Å²) in [4.78, 5) is 57.1. The summed E-state index contributed by atoms with van der Waals surface area (Å²) < 4.78 is 8.09. The van der Waals surface area contributed by atoms with Crippen LogP contribution >= 0.6 is 11.3 Å². The molecular formula is C23H31N5O5S. The molecule has 0 saturated heterocycles. The van der Waals surface area contributed by atoms with Crippen molar-refractivity contribution in [2.45, 2.75) is 71.9 Å². The highest BCUT2D eigenvalue weighted by atomic mass is 32.1. The van der Waals surface area contributed by atoms with Crippen molar-refractivity contribution in [2.24, 2.45) is 0 Å². The number of anilines is 1. The third-order valence-electron chi connectivity index (χ3n) is 5.57. The lowest BCUT2D eigenvalue weighted by atomic mass is 10.2. The Hall–Kier alpha value is -3.21. The lowest BCUT2D eigenvalue weighted by molar-refractivity contribution is -0.116. The molecule has 0 saturated carbocycles. The van der Waals surface area contributed by atoms with E-state index in [1.807, 2.05) is 11.5 Å². The van der Waals surface area contributed by atoms with Gasteiger partial charge in [-0.2, -0.15) is 0 Å². The van der Waals surface area contributed by atoms with Crippen LogP contribution in [0.25, 0.3) is 11.2 Å². The molecule has 0 spiro atoms. The minimum Gasteiger partial charge on any atom is -0.465 e. The Morgan fingerprint density at radius 2 is 1.85 bits per heavy atom. The van der Waals surface area contributed by atoms with Crippen LogP contribution < -0.4 is 16.6 Å². The zero-order chi connectivity index (χ0) is 24.7. The van der Waals surface area contributed by atoms with Gasteiger partial charge in [0.2, 0.25) is 5.91 Å². The van der Waals surface area contributed by atoms with E-state index in [4.69, 9.17) is 4.74 Å². The topological polar surface area (TPSA) is 128 Å². The van der Waals surface area contributed by atoms with E-state index in [9.17, 15) is 19.2 Å². The Kier molecular flexibility index (Phi) is 8.80. The highest BCUT2D eigenvalue weighted by Crippen LogP contribution is 2.23. The number of amides is 1. The van der Waals surface area contributed by atoms with E-state index in [0.717, 1.165) is 32.1 Å². The molecule has 0 atom stereocenters. The van der Waals surface area contributed by atoms with Gasteiger partial charge in [-0.1, -0.05) is 33.1 Å². The normalized spacial score (nSPS) is 11.1. The molecule has 3 rings (SSSR count). The number of methoxy groups -OCH3 is 1. The van der Waals surface area contributed by atoms with Gasteiger partial charge in [0, 0.05) is 25.9 Å². The lowest BCUT2D eigenvalue weighted by Crippen LogP contribution is -2.31. The molecule has 3 aromatic heterocycles. The SMILES string of the molecule is CCCCCn1c(CCC(=O)Nc2ccsc2C(=O)OC)nc2c1c(=O)[nH]c(=O)n2CCCC. The molecule has 3 aromatic rings. The fourth-order valence-corrected chi connectivity index (χ4v) is 4.56. The van der Waals surface area contributed by atoms with E-state index in [2.05, 4.69) is 22.2 Å². The molecule has 0 fully saturated rings. The number of nitrogens with one attached hydrogen (secondary N) is 2. The molecule has 0 aliphatic rings. The molecule has 0 aliphatic carbocycles. The number of nitrogens with zero attached hydrogens (tertiary/aromatic N) is 3. The first-order valence-corrected chi connectivity index (χ1v) is 12.5. The maximum atomic E-state index is 12.7. The van der Waals surface area contributed by atoms with Crippen molar-refractivity contribution >= 4 is 40.1 Å². The van der Waals surface area contributed by atoms with Gasteiger partial charge in [0.1, 0.15) is 10.7 Å². The zero-order valence-electron chi connectivity index (χ0n) is 19.8. The van der Waals surface area contributed by atoms with Crippen LogP contribution in [-0.2, 0) is 29.0 Å². The van der Waals surface area contributed by atoms with E-state index in [1.165, 1.54) is 23.0 Å². The van der Waals surface area contributed by atoms with Crippen molar-refractivity contribution < 1.29 is 14.3 Å². The summed E-state index contributed by atoms with van der Waals surface area (Å²) in [6.45, 7) is 5.16. The van der Waals surface area contributed by atoms with E-state index in [1.54, 1.807) is 11.4 Å². The van der Waals surface area contributed by atoms with Gasteiger partial charge in [-0.15, -0.1) is 11.3 Å². The molecule has 0 bridgehead atoms. The molecule has 0 aromatic carbocycles. The predicted molar refractivity (Wildman–Crippen MR) is 132 cm³/mol. The molecule has 11 heteroatoms. The number of carbonyl (C=O) groups is 2. The highest BCUT2D eigenvalue weighted by Gasteiger charge is 2.20. The summed E-state index contributed by atoms with van der Waals surface area (Å²) in [6.07, 6.45) is 4.92. The second kappa shape index (κ2) is 11.8. The van der Waals surface area contributed by atoms with Crippen LogP contribution in [0.2, 0.25) is 0 Å². The van der Waals surface area contributed by atoms with Crippen molar-refractivity contribution in [3.63, 3.8) is 0 Å². The van der Waals surface area contributed by atoms with E-state index in [-0.39, 0.29) is 18.7 Å². The minimum atomic E-state index is -0.507. The van der Waals surface area contributed by atoms with Crippen molar-refractivity contribution in [2.75, 3.05) is 12.4 Å². The number of unbranched alkanes of at least 4 members (excludes halogenated alkanes) is 3. The van der Waals surface area contributed by atoms with E-state index >= 15 is 0 Å². The summed E-state index contributed by atoms with van der Waals surface area (Å²) >= 11 is 1.19. The smallest absolute Gasteiger partial charge is 0.350 e. The third-order valence-corrected chi connectivity index (χ3v) is 6.47. The number of hydrogen-bond donors (Lipinski definition) is 2. The van der Waals surface area contributed by atoms with Gasteiger partial charge in [0.25, 0.3) is 5.56 Å². The first kappa shape index (κ1) is 25.4. The van der Waals surface area contributed by atoms with Crippen molar-refractivity contribution in [1.29, 1.82) is 0 Å². The Balaban J connectivity index is 1.89. The second-order valence-electron chi connectivity index (χ2n) is 8.03. The fraction of sp³-hybridized carbons (Fsp3) is 0.522. The number of rotatable bonds is 12. The first-order valence-electron chi connectivity index (χ1n) is 11.6. The standard InChI is InChI=1S/C23H31N5O5S/c1-4-6-8-13-27-16(9-10-17(29)24-15-11-14-34-19(15)22(31)33-3)25-20-18(27)21(30)26-23(32)28(20)12-7-5-2/h11,14H,4-10,12-13H2,1-3H3,(H,24,29)(H,26,30,32). The highest BCUT2D eigenvalue weighted by molar-refractivity contribution is 7.12. The molecular weight excluding hydrogens is 458 g/mol. The number of thiophene rings is 1. The summed E-state index contributed by atoms with van der Waals surface area (Å²) in [6, 6.07) is 1.65.